The van der Waals surface area contributed by atoms with Gasteiger partial charge in [0.25, 0.3) is 0 Å². The first-order chi connectivity index (χ1) is 3.93. The summed E-state index contributed by atoms with van der Waals surface area (Å²) in [6.07, 6.45) is 1.66. The lowest BCUT2D eigenvalue weighted by Crippen LogP contribution is -1.85. The summed E-state index contributed by atoms with van der Waals surface area (Å²) in [5.41, 5.74) is 0. The molecule has 0 aliphatic carbocycles. The van der Waals surface area contributed by atoms with E-state index in [9.17, 15) is 0 Å². The van der Waals surface area contributed by atoms with Crippen molar-refractivity contribution in [1.29, 1.82) is 0 Å². The molecular weight excluding hydrogens is 118 g/mol. The smallest absolute Gasteiger partial charge is 0.343 e. The molecule has 0 atom stereocenters. The maximum atomic E-state index is 4.61. The molecule has 3 radical (unpaired) electrons. The summed E-state index contributed by atoms with van der Waals surface area (Å²) in [4.78, 5) is 3.83. The second-order valence-electron chi connectivity index (χ2n) is 1.27. The van der Waals surface area contributed by atoms with Gasteiger partial charge in [-0.1, -0.05) is 6.07 Å². The van der Waals surface area contributed by atoms with Crippen LogP contribution in [-0.2, 0) is 0 Å². The molecule has 0 saturated carbocycles. The Bertz CT molecular complexity index is 154. The van der Waals surface area contributed by atoms with Crippen LogP contribution in [0.4, 0.5) is 0 Å². The minimum Gasteiger partial charge on any atom is -0.528 e. The van der Waals surface area contributed by atoms with Crippen molar-refractivity contribution in [1.82, 2.24) is 4.98 Å². The Morgan fingerprint density at radius 2 is 2.38 bits per heavy atom. The molecule has 0 spiro atoms. The van der Waals surface area contributed by atoms with E-state index >= 15 is 0 Å². The van der Waals surface area contributed by atoms with Crippen LogP contribution in [0.5, 0.6) is 5.88 Å². The molecule has 1 rings (SSSR count). The van der Waals surface area contributed by atoms with E-state index in [-0.39, 0.29) is 0 Å². The summed E-state index contributed by atoms with van der Waals surface area (Å²) in [5.74, 6) is 0.573. The van der Waals surface area contributed by atoms with E-state index in [0.29, 0.717) is 5.88 Å². The maximum absolute atomic E-state index is 4.61. The van der Waals surface area contributed by atoms with E-state index in [1.165, 1.54) is 0 Å². The molecule has 0 N–H and O–H groups in total. The normalized spacial score (nSPS) is 8.62. The zero-order valence-electron chi connectivity index (χ0n) is 4.16. The highest BCUT2D eigenvalue weighted by molar-refractivity contribution is 5.99. The van der Waals surface area contributed by atoms with Gasteiger partial charge in [-0.25, -0.2) is 4.98 Å². The fourth-order valence-electron chi connectivity index (χ4n) is 0.407. The molecule has 0 fully saturated rings. The van der Waals surface area contributed by atoms with Gasteiger partial charge in [0.1, 0.15) is 0 Å². The Hall–Kier alpha value is -0.833. The van der Waals surface area contributed by atoms with Crippen molar-refractivity contribution in [3.05, 3.63) is 24.4 Å². The molecule has 0 aliphatic rings. The van der Waals surface area contributed by atoms with E-state index in [1.54, 1.807) is 12.3 Å². The van der Waals surface area contributed by atoms with Gasteiger partial charge in [0.2, 0.25) is 0 Å². The van der Waals surface area contributed by atoms with Crippen LogP contribution in [0.15, 0.2) is 24.4 Å². The van der Waals surface area contributed by atoms with E-state index in [0.717, 1.165) is 0 Å². The minimum absolute atomic E-state index is 0.573. The molecule has 0 unspecified atom stereocenters. The fourth-order valence-corrected chi connectivity index (χ4v) is 0.528. The number of aromatic nitrogens is 1. The predicted molar refractivity (Wildman–Crippen MR) is 30.6 cm³/mol. The fraction of sp³-hybridized carbons (Fsp3) is 0. The average Bonchev–Trinajstić information content (AvgIpc) is 1.90. The molecule has 0 bridgehead atoms. The van der Waals surface area contributed by atoms with E-state index in [4.69, 9.17) is 0 Å². The Labute approximate surface area is 51.1 Å². The predicted octanol–water partition coefficient (Wildman–Crippen LogP) is 0.544. The van der Waals surface area contributed by atoms with Crippen LogP contribution in [0, 0.1) is 0 Å². The topological polar surface area (TPSA) is 22.1 Å². The van der Waals surface area contributed by atoms with Gasteiger partial charge in [-0.3, -0.25) is 0 Å². The van der Waals surface area contributed by atoms with Crippen LogP contribution in [0.2, 0.25) is 0 Å². The van der Waals surface area contributed by atoms with Crippen molar-refractivity contribution >= 4 is 10.5 Å². The zero-order chi connectivity index (χ0) is 5.82. The molecule has 3 heteroatoms. The van der Waals surface area contributed by atoms with Gasteiger partial charge in [-0.05, 0) is 12.1 Å². The van der Waals surface area contributed by atoms with Crippen molar-refractivity contribution in [3.63, 3.8) is 0 Å². The van der Waals surface area contributed by atoms with Crippen LogP contribution in [0.1, 0.15) is 0 Å². The highest BCUT2D eigenvalue weighted by Crippen LogP contribution is 1.99. The maximum Gasteiger partial charge on any atom is 0.343 e. The Morgan fingerprint density at radius 3 is 2.75 bits per heavy atom. The first kappa shape index (κ1) is 5.31. The van der Waals surface area contributed by atoms with Gasteiger partial charge in [0, 0.05) is 6.20 Å². The molecule has 1 heterocycles. The van der Waals surface area contributed by atoms with Crippen LogP contribution in [0.3, 0.4) is 0 Å². The lowest BCUT2D eigenvalue weighted by Gasteiger charge is -1.92. The van der Waals surface area contributed by atoms with Gasteiger partial charge in [-0.2, -0.15) is 0 Å². The first-order valence-electron chi connectivity index (χ1n) is 2.18. The molecule has 8 heavy (non-hydrogen) atoms. The van der Waals surface area contributed by atoms with E-state index in [2.05, 4.69) is 19.9 Å². The summed E-state index contributed by atoms with van der Waals surface area (Å²) >= 11 is 0. The number of rotatable bonds is 1. The van der Waals surface area contributed by atoms with Crippen LogP contribution in [-0.4, -0.2) is 15.5 Å². The third kappa shape index (κ3) is 1.07. The Balaban J connectivity index is 2.83. The van der Waals surface area contributed by atoms with E-state index < -0.39 is 0 Å². The van der Waals surface area contributed by atoms with Crippen molar-refractivity contribution in [2.24, 2.45) is 0 Å². The standard InChI is InChI=1S/C5H4NOSi/c8-7-5-3-1-2-4-6-5/h1-4H. The summed E-state index contributed by atoms with van der Waals surface area (Å²) in [6, 6.07) is 5.43. The molecule has 0 aliphatic heterocycles. The SMILES string of the molecule is [Si]Oc1ccccn1. The Morgan fingerprint density at radius 1 is 1.50 bits per heavy atom. The third-order valence-corrected chi connectivity index (χ3v) is 0.951. The minimum atomic E-state index is 0.573. The van der Waals surface area contributed by atoms with Gasteiger partial charge < -0.3 is 4.43 Å². The van der Waals surface area contributed by atoms with Crippen LogP contribution in [0.25, 0.3) is 0 Å². The van der Waals surface area contributed by atoms with Crippen molar-refractivity contribution in [3.8, 4) is 5.88 Å². The lowest BCUT2D eigenvalue weighted by atomic mass is 10.5. The second-order valence-corrected chi connectivity index (χ2v) is 1.47. The lowest BCUT2D eigenvalue weighted by molar-refractivity contribution is 0.588. The molecule has 1 aromatic heterocycles. The highest BCUT2D eigenvalue weighted by atomic mass is 28.2. The summed E-state index contributed by atoms with van der Waals surface area (Å²) in [5, 5.41) is 0. The van der Waals surface area contributed by atoms with Crippen molar-refractivity contribution in [2.75, 3.05) is 0 Å². The molecule has 0 aromatic carbocycles. The largest absolute Gasteiger partial charge is 0.528 e. The Kier molecular flexibility index (Phi) is 1.64. The van der Waals surface area contributed by atoms with Crippen LogP contribution >= 0.6 is 0 Å². The van der Waals surface area contributed by atoms with Gasteiger partial charge in [0.15, 0.2) is 5.88 Å². The molecule has 0 saturated heterocycles. The van der Waals surface area contributed by atoms with E-state index in [1.807, 2.05) is 12.1 Å². The number of hydrogen-bond acceptors (Lipinski definition) is 2. The van der Waals surface area contributed by atoms with Gasteiger partial charge >= 0.3 is 10.5 Å². The highest BCUT2D eigenvalue weighted by Gasteiger charge is 1.82. The third-order valence-electron chi connectivity index (χ3n) is 0.742. The average molecular weight is 122 g/mol. The molecule has 39 valence electrons. The molecular formula is C5H4NOSi. The molecule has 0 amide bonds. The quantitative estimate of drug-likeness (QED) is 0.507. The molecule has 2 nitrogen and oxygen atoms in total. The first-order valence-corrected chi connectivity index (χ1v) is 2.59. The van der Waals surface area contributed by atoms with Crippen LogP contribution < -0.4 is 4.43 Å². The van der Waals surface area contributed by atoms with Gasteiger partial charge in [-0.15, -0.1) is 0 Å². The van der Waals surface area contributed by atoms with Crippen molar-refractivity contribution in [2.45, 2.75) is 0 Å². The van der Waals surface area contributed by atoms with Crippen molar-refractivity contribution < 1.29 is 4.43 Å². The van der Waals surface area contributed by atoms with Gasteiger partial charge in [0.05, 0.1) is 0 Å². The summed E-state index contributed by atoms with van der Waals surface area (Å²) in [6.45, 7) is 0. The number of hydrogen-bond donors (Lipinski definition) is 0. The number of nitrogens with zero attached hydrogens (tertiary/aromatic N) is 1. The molecule has 1 aromatic rings. The number of pyridine rings is 1. The monoisotopic (exact) mass is 122 g/mol. The summed E-state index contributed by atoms with van der Waals surface area (Å²) < 4.78 is 4.61. The second kappa shape index (κ2) is 2.47. The zero-order valence-corrected chi connectivity index (χ0v) is 5.16. The summed E-state index contributed by atoms with van der Waals surface area (Å²) in [7, 11) is 2.84.